The second-order valence-corrected chi connectivity index (χ2v) is 6.81. The maximum absolute atomic E-state index is 12.0. The second kappa shape index (κ2) is 9.65. The van der Waals surface area contributed by atoms with Gasteiger partial charge in [-0.05, 0) is 30.9 Å². The van der Waals surface area contributed by atoms with Crippen LogP contribution in [0.25, 0.3) is 11.3 Å². The topological polar surface area (TPSA) is 70.1 Å². The summed E-state index contributed by atoms with van der Waals surface area (Å²) in [5, 5.41) is 4.38. The number of nitrogens with one attached hydrogen (secondary N) is 2. The smallest absolute Gasteiger partial charge is 0.252 e. The van der Waals surface area contributed by atoms with Crippen LogP contribution in [0, 0.1) is 0 Å². The molecule has 2 aromatic carbocycles. The molecule has 3 aromatic rings. The van der Waals surface area contributed by atoms with Gasteiger partial charge in [-0.2, -0.15) is 5.10 Å². The molecule has 0 saturated heterocycles. The predicted molar refractivity (Wildman–Crippen MR) is 116 cm³/mol. The van der Waals surface area contributed by atoms with Crippen molar-refractivity contribution in [1.82, 2.24) is 9.97 Å². The average molecular weight is 374 g/mol. The number of hydrazone groups is 1. The van der Waals surface area contributed by atoms with Crippen molar-refractivity contribution in [3.63, 3.8) is 0 Å². The molecule has 0 bridgehead atoms. The lowest BCUT2D eigenvalue weighted by Crippen LogP contribution is -2.11. The minimum absolute atomic E-state index is 0.222. The molecular weight excluding hydrogens is 348 g/mol. The summed E-state index contributed by atoms with van der Waals surface area (Å²) in [5.41, 5.74) is 7.35. The number of aromatic amines is 1. The molecule has 144 valence electrons. The van der Waals surface area contributed by atoms with Crippen molar-refractivity contribution in [3.05, 3.63) is 82.1 Å². The van der Waals surface area contributed by atoms with Crippen LogP contribution >= 0.6 is 0 Å². The lowest BCUT2D eigenvalue weighted by Gasteiger charge is -2.06. The summed E-state index contributed by atoms with van der Waals surface area (Å²) in [6, 6.07) is 19.5. The predicted octanol–water partition coefficient (Wildman–Crippen LogP) is 5.01. The first-order chi connectivity index (χ1) is 13.7. The molecule has 1 heterocycles. The fourth-order valence-corrected chi connectivity index (χ4v) is 2.96. The minimum atomic E-state index is -0.222. The van der Waals surface area contributed by atoms with Gasteiger partial charge in [0.2, 0.25) is 5.95 Å². The minimum Gasteiger partial charge on any atom is -0.291 e. The van der Waals surface area contributed by atoms with E-state index in [2.05, 4.69) is 51.7 Å². The van der Waals surface area contributed by atoms with Crippen molar-refractivity contribution >= 4 is 11.7 Å². The molecule has 0 aliphatic carbocycles. The van der Waals surface area contributed by atoms with Gasteiger partial charge in [-0.15, -0.1) is 0 Å². The van der Waals surface area contributed by atoms with Crippen LogP contribution in [0.2, 0.25) is 0 Å². The second-order valence-electron chi connectivity index (χ2n) is 6.81. The fourth-order valence-electron chi connectivity index (χ4n) is 2.96. The SMILES string of the molecule is CCCCCc1ccc(/C(C)=N/Nc2nc(-c3ccccc3)cc(=O)[nH]2)cc1. The fraction of sp³-hybridized carbons (Fsp3) is 0.261. The largest absolute Gasteiger partial charge is 0.291 e. The highest BCUT2D eigenvalue weighted by Crippen LogP contribution is 2.15. The van der Waals surface area contributed by atoms with E-state index < -0.39 is 0 Å². The van der Waals surface area contributed by atoms with Gasteiger partial charge >= 0.3 is 0 Å². The van der Waals surface area contributed by atoms with E-state index in [-0.39, 0.29) is 5.56 Å². The number of nitrogens with zero attached hydrogens (tertiary/aromatic N) is 2. The Morgan fingerprint density at radius 3 is 2.54 bits per heavy atom. The van der Waals surface area contributed by atoms with E-state index in [0.717, 1.165) is 23.3 Å². The number of hydrogen-bond donors (Lipinski definition) is 2. The third-order valence-electron chi connectivity index (χ3n) is 4.58. The quantitative estimate of drug-likeness (QED) is 0.331. The van der Waals surface area contributed by atoms with Gasteiger partial charge in [-0.25, -0.2) is 10.4 Å². The van der Waals surface area contributed by atoms with Gasteiger partial charge in [0, 0.05) is 11.6 Å². The molecule has 0 saturated carbocycles. The number of unbranched alkanes of at least 4 members (excludes halogenated alkanes) is 2. The van der Waals surface area contributed by atoms with E-state index in [1.54, 1.807) is 0 Å². The van der Waals surface area contributed by atoms with Gasteiger partial charge < -0.3 is 0 Å². The van der Waals surface area contributed by atoms with Crippen LogP contribution in [-0.2, 0) is 6.42 Å². The molecular formula is C23H26N4O. The molecule has 0 amide bonds. The third-order valence-corrected chi connectivity index (χ3v) is 4.58. The number of anilines is 1. The molecule has 3 rings (SSSR count). The summed E-state index contributed by atoms with van der Waals surface area (Å²) in [4.78, 5) is 19.1. The Kier molecular flexibility index (Phi) is 6.73. The van der Waals surface area contributed by atoms with Gasteiger partial charge in [-0.1, -0.05) is 74.4 Å². The number of hydrogen-bond acceptors (Lipinski definition) is 4. The van der Waals surface area contributed by atoms with Crippen LogP contribution in [-0.4, -0.2) is 15.7 Å². The van der Waals surface area contributed by atoms with E-state index in [4.69, 9.17) is 0 Å². The van der Waals surface area contributed by atoms with Crippen molar-refractivity contribution in [2.24, 2.45) is 5.10 Å². The van der Waals surface area contributed by atoms with Crippen LogP contribution in [0.4, 0.5) is 5.95 Å². The first kappa shape index (κ1) is 19.5. The average Bonchev–Trinajstić information content (AvgIpc) is 2.73. The van der Waals surface area contributed by atoms with Crippen molar-refractivity contribution in [2.75, 3.05) is 5.43 Å². The van der Waals surface area contributed by atoms with Crippen LogP contribution in [0.1, 0.15) is 44.2 Å². The highest BCUT2D eigenvalue weighted by Gasteiger charge is 2.04. The molecule has 0 atom stereocenters. The zero-order valence-electron chi connectivity index (χ0n) is 16.4. The summed E-state index contributed by atoms with van der Waals surface area (Å²) >= 11 is 0. The Hall–Kier alpha value is -3.21. The summed E-state index contributed by atoms with van der Waals surface area (Å²) < 4.78 is 0. The highest BCUT2D eigenvalue weighted by molar-refractivity contribution is 5.99. The summed E-state index contributed by atoms with van der Waals surface area (Å²) in [5.74, 6) is 0.321. The summed E-state index contributed by atoms with van der Waals surface area (Å²) in [6.45, 7) is 4.14. The molecule has 0 fully saturated rings. The Bertz CT molecular complexity index is 975. The maximum Gasteiger partial charge on any atom is 0.252 e. The van der Waals surface area contributed by atoms with Crippen LogP contribution < -0.4 is 11.0 Å². The third kappa shape index (κ3) is 5.39. The number of aryl methyl sites for hydroxylation is 1. The summed E-state index contributed by atoms with van der Waals surface area (Å²) in [6.07, 6.45) is 4.83. The van der Waals surface area contributed by atoms with Gasteiger partial charge in [0.25, 0.3) is 5.56 Å². The lowest BCUT2D eigenvalue weighted by molar-refractivity contribution is 0.717. The molecule has 0 aliphatic rings. The van der Waals surface area contributed by atoms with Gasteiger partial charge in [0.1, 0.15) is 0 Å². The van der Waals surface area contributed by atoms with Crippen molar-refractivity contribution in [1.29, 1.82) is 0 Å². The first-order valence-electron chi connectivity index (χ1n) is 9.72. The number of benzene rings is 2. The molecule has 28 heavy (non-hydrogen) atoms. The molecule has 5 nitrogen and oxygen atoms in total. The Morgan fingerprint density at radius 2 is 1.82 bits per heavy atom. The number of H-pyrrole nitrogens is 1. The Balaban J connectivity index is 1.71. The zero-order chi connectivity index (χ0) is 19.8. The van der Waals surface area contributed by atoms with E-state index in [1.165, 1.54) is 30.9 Å². The zero-order valence-corrected chi connectivity index (χ0v) is 16.4. The van der Waals surface area contributed by atoms with E-state index >= 15 is 0 Å². The maximum atomic E-state index is 12.0. The first-order valence-corrected chi connectivity index (χ1v) is 9.72. The van der Waals surface area contributed by atoms with Crippen molar-refractivity contribution < 1.29 is 0 Å². The standard InChI is InChI=1S/C23H26N4O/c1-3-4-6-9-18-12-14-19(15-13-18)17(2)26-27-23-24-21(16-22(28)25-23)20-10-7-5-8-11-20/h5,7-8,10-16H,3-4,6,9H2,1-2H3,(H2,24,25,27,28)/b26-17+. The molecule has 0 spiro atoms. The van der Waals surface area contributed by atoms with Crippen LogP contribution in [0.5, 0.6) is 0 Å². The Morgan fingerprint density at radius 1 is 1.07 bits per heavy atom. The number of aromatic nitrogens is 2. The van der Waals surface area contributed by atoms with Crippen molar-refractivity contribution in [3.8, 4) is 11.3 Å². The molecule has 1 aromatic heterocycles. The Labute approximate surface area is 165 Å². The normalized spacial score (nSPS) is 11.4. The van der Waals surface area contributed by atoms with Crippen LogP contribution in [0.15, 0.2) is 70.6 Å². The van der Waals surface area contributed by atoms with Gasteiger partial charge in [0.15, 0.2) is 0 Å². The van der Waals surface area contributed by atoms with E-state index in [1.807, 2.05) is 37.3 Å². The van der Waals surface area contributed by atoms with E-state index in [9.17, 15) is 4.79 Å². The van der Waals surface area contributed by atoms with Crippen molar-refractivity contribution in [2.45, 2.75) is 39.5 Å². The molecule has 5 heteroatoms. The van der Waals surface area contributed by atoms with Crippen LogP contribution in [0.3, 0.4) is 0 Å². The lowest BCUT2D eigenvalue weighted by atomic mass is 10.0. The van der Waals surface area contributed by atoms with Gasteiger partial charge in [-0.3, -0.25) is 9.78 Å². The molecule has 0 radical (unpaired) electrons. The monoisotopic (exact) mass is 374 g/mol. The highest BCUT2D eigenvalue weighted by atomic mass is 16.1. The number of rotatable bonds is 8. The molecule has 2 N–H and O–H groups in total. The van der Waals surface area contributed by atoms with Gasteiger partial charge in [0.05, 0.1) is 11.4 Å². The molecule has 0 aliphatic heterocycles. The molecule has 0 unspecified atom stereocenters. The summed E-state index contributed by atoms with van der Waals surface area (Å²) in [7, 11) is 0. The van der Waals surface area contributed by atoms with E-state index in [0.29, 0.717) is 11.6 Å².